The largest absolute Gasteiger partial charge is 0.456 e. The second-order valence-electron chi connectivity index (χ2n) is 8.52. The smallest absolute Gasteiger partial charge is 0.379 e. The van der Waals surface area contributed by atoms with E-state index in [4.69, 9.17) is 4.74 Å². The van der Waals surface area contributed by atoms with E-state index in [1.54, 1.807) is 12.2 Å². The molecule has 0 aromatic heterocycles. The average Bonchev–Trinajstić information content (AvgIpc) is 2.49. The summed E-state index contributed by atoms with van der Waals surface area (Å²) in [6.07, 6.45) is 6.80. The lowest BCUT2D eigenvalue weighted by Crippen LogP contribution is -2.36. The maximum atomic E-state index is 12.1. The summed E-state index contributed by atoms with van der Waals surface area (Å²) >= 11 is 0. The van der Waals surface area contributed by atoms with Crippen LogP contribution in [0.15, 0.2) is 48.6 Å². The van der Waals surface area contributed by atoms with Crippen molar-refractivity contribution in [2.24, 2.45) is 10.8 Å². The van der Waals surface area contributed by atoms with Gasteiger partial charge in [-0.05, 0) is 28.9 Å². The highest BCUT2D eigenvalue weighted by Crippen LogP contribution is 2.32. The van der Waals surface area contributed by atoms with E-state index in [9.17, 15) is 9.59 Å². The van der Waals surface area contributed by atoms with Crippen LogP contribution in [0.25, 0.3) is 6.08 Å². The number of ether oxygens (including phenoxy) is 1. The van der Waals surface area contributed by atoms with Gasteiger partial charge in [-0.15, -0.1) is 0 Å². The molecule has 0 saturated heterocycles. The third-order valence-corrected chi connectivity index (χ3v) is 3.66. The Morgan fingerprint density at radius 2 is 1.60 bits per heavy atom. The van der Waals surface area contributed by atoms with Crippen molar-refractivity contribution in [3.63, 3.8) is 0 Å². The number of hydrogen-bond donors (Lipinski definition) is 0. The highest BCUT2D eigenvalue weighted by molar-refractivity contribution is 6.38. The summed E-state index contributed by atoms with van der Waals surface area (Å²) in [4.78, 5) is 24.1. The van der Waals surface area contributed by atoms with Crippen molar-refractivity contribution in [1.82, 2.24) is 0 Å². The van der Waals surface area contributed by atoms with Crippen LogP contribution in [0.1, 0.15) is 53.5 Å². The molecule has 1 rings (SSSR count). The molecule has 0 aliphatic carbocycles. The predicted molar refractivity (Wildman–Crippen MR) is 103 cm³/mol. The molecule has 1 aromatic rings. The second-order valence-corrected chi connectivity index (χ2v) is 8.52. The molecular weight excluding hydrogens is 312 g/mol. The molecule has 0 aliphatic rings. The Balaban J connectivity index is 2.66. The number of allylic oxidation sites excluding steroid dienone is 2. The molecule has 0 saturated carbocycles. The van der Waals surface area contributed by atoms with E-state index < -0.39 is 11.8 Å². The minimum Gasteiger partial charge on any atom is -0.456 e. The fraction of sp³-hybridized carbons (Fsp3) is 0.455. The van der Waals surface area contributed by atoms with Crippen LogP contribution >= 0.6 is 0 Å². The van der Waals surface area contributed by atoms with Gasteiger partial charge in [0.05, 0.1) is 0 Å². The molecule has 0 bridgehead atoms. The number of ketones is 1. The molecule has 0 aliphatic heterocycles. The number of rotatable bonds is 6. The van der Waals surface area contributed by atoms with Crippen LogP contribution in [0.5, 0.6) is 0 Å². The van der Waals surface area contributed by atoms with Crippen molar-refractivity contribution in [3.8, 4) is 0 Å². The van der Waals surface area contributed by atoms with Crippen LogP contribution in [0.4, 0.5) is 0 Å². The zero-order chi connectivity index (χ0) is 19.1. The monoisotopic (exact) mass is 342 g/mol. The van der Waals surface area contributed by atoms with Crippen molar-refractivity contribution in [3.05, 3.63) is 54.1 Å². The molecule has 136 valence electrons. The number of benzene rings is 1. The van der Waals surface area contributed by atoms with Gasteiger partial charge in [-0.1, -0.05) is 90.1 Å². The normalized spacial score (nSPS) is 14.0. The quantitative estimate of drug-likeness (QED) is 0.308. The van der Waals surface area contributed by atoms with E-state index in [0.29, 0.717) is 6.42 Å². The zero-order valence-corrected chi connectivity index (χ0v) is 16.2. The standard InChI is InChI=1S/C22H30O3/c1-21(2,3)16-19(22(4,5)6)25-20(24)18(23)15-11-10-14-17-12-8-7-9-13-17/h7-15,19H,16H2,1-6H3. The SMILES string of the molecule is CC(C)(C)CC(OC(=O)C(=O)C=CC=Cc1ccccc1)C(C)(C)C. The van der Waals surface area contributed by atoms with Gasteiger partial charge in [-0.2, -0.15) is 0 Å². The van der Waals surface area contributed by atoms with Crippen LogP contribution in [-0.4, -0.2) is 17.9 Å². The van der Waals surface area contributed by atoms with Crippen LogP contribution in [0.3, 0.4) is 0 Å². The van der Waals surface area contributed by atoms with E-state index in [2.05, 4.69) is 20.8 Å². The molecule has 3 nitrogen and oxygen atoms in total. The Bertz CT molecular complexity index is 625. The minimum absolute atomic E-state index is 0.00946. The molecule has 0 amide bonds. The van der Waals surface area contributed by atoms with E-state index >= 15 is 0 Å². The maximum Gasteiger partial charge on any atom is 0.379 e. The van der Waals surface area contributed by atoms with Gasteiger partial charge < -0.3 is 4.74 Å². The third-order valence-electron chi connectivity index (χ3n) is 3.66. The Labute approximate surface area is 151 Å². The summed E-state index contributed by atoms with van der Waals surface area (Å²) < 4.78 is 5.50. The van der Waals surface area contributed by atoms with E-state index in [1.165, 1.54) is 6.08 Å². The molecule has 0 fully saturated rings. The molecule has 1 aromatic carbocycles. The Hall–Kier alpha value is -2.16. The summed E-state index contributed by atoms with van der Waals surface area (Å²) in [5.74, 6) is -1.44. The highest BCUT2D eigenvalue weighted by atomic mass is 16.5. The van der Waals surface area contributed by atoms with Crippen molar-refractivity contribution in [2.45, 2.75) is 54.1 Å². The van der Waals surface area contributed by atoms with Crippen molar-refractivity contribution >= 4 is 17.8 Å². The minimum atomic E-state index is -0.798. The zero-order valence-electron chi connectivity index (χ0n) is 16.2. The first kappa shape index (κ1) is 20.9. The first-order chi connectivity index (χ1) is 11.5. The van der Waals surface area contributed by atoms with Gasteiger partial charge in [0.25, 0.3) is 5.78 Å². The van der Waals surface area contributed by atoms with Gasteiger partial charge in [-0.3, -0.25) is 4.79 Å². The summed E-state index contributed by atoms with van der Waals surface area (Å²) in [6.45, 7) is 12.3. The van der Waals surface area contributed by atoms with E-state index in [1.807, 2.05) is 57.2 Å². The molecule has 1 atom stereocenters. The third kappa shape index (κ3) is 8.48. The number of carbonyl (C=O) groups excluding carboxylic acids is 2. The molecule has 0 heterocycles. The second kappa shape index (κ2) is 8.80. The van der Waals surface area contributed by atoms with Crippen molar-refractivity contribution in [2.75, 3.05) is 0 Å². The highest BCUT2D eigenvalue weighted by Gasteiger charge is 2.33. The van der Waals surface area contributed by atoms with Crippen LogP contribution in [0.2, 0.25) is 0 Å². The molecular formula is C22H30O3. The maximum absolute atomic E-state index is 12.1. The fourth-order valence-electron chi connectivity index (χ4n) is 2.21. The molecule has 0 N–H and O–H groups in total. The van der Waals surface area contributed by atoms with Crippen molar-refractivity contribution < 1.29 is 14.3 Å². The molecule has 0 spiro atoms. The molecule has 1 unspecified atom stereocenters. The van der Waals surface area contributed by atoms with Gasteiger partial charge in [-0.25, -0.2) is 4.79 Å². The van der Waals surface area contributed by atoms with Crippen LogP contribution in [-0.2, 0) is 14.3 Å². The van der Waals surface area contributed by atoms with Crippen molar-refractivity contribution in [1.29, 1.82) is 0 Å². The lowest BCUT2D eigenvalue weighted by molar-refractivity contribution is -0.162. The number of hydrogen-bond acceptors (Lipinski definition) is 3. The van der Waals surface area contributed by atoms with Crippen LogP contribution in [0, 0.1) is 10.8 Å². The topological polar surface area (TPSA) is 43.4 Å². The molecule has 3 heteroatoms. The Morgan fingerprint density at radius 3 is 2.12 bits per heavy atom. The first-order valence-electron chi connectivity index (χ1n) is 8.64. The first-order valence-corrected chi connectivity index (χ1v) is 8.64. The van der Waals surface area contributed by atoms with Gasteiger partial charge in [0, 0.05) is 0 Å². The molecule has 0 radical (unpaired) electrons. The number of carbonyl (C=O) groups is 2. The lowest BCUT2D eigenvalue weighted by Gasteiger charge is -2.34. The summed E-state index contributed by atoms with van der Waals surface area (Å²) in [5, 5.41) is 0. The fourth-order valence-corrected chi connectivity index (χ4v) is 2.21. The van der Waals surface area contributed by atoms with Gasteiger partial charge in [0.1, 0.15) is 6.10 Å². The number of esters is 1. The van der Waals surface area contributed by atoms with E-state index in [-0.39, 0.29) is 16.9 Å². The predicted octanol–water partition coefficient (Wildman–Crippen LogP) is 5.22. The Morgan fingerprint density at radius 1 is 1.00 bits per heavy atom. The summed E-state index contributed by atoms with van der Waals surface area (Å²) in [6, 6.07) is 9.74. The summed E-state index contributed by atoms with van der Waals surface area (Å²) in [5.41, 5.74) is 0.815. The van der Waals surface area contributed by atoms with E-state index in [0.717, 1.165) is 5.56 Å². The summed E-state index contributed by atoms with van der Waals surface area (Å²) in [7, 11) is 0. The average molecular weight is 342 g/mol. The Kier molecular flexibility index (Phi) is 7.35. The van der Waals surface area contributed by atoms with Gasteiger partial charge in [0.15, 0.2) is 0 Å². The lowest BCUT2D eigenvalue weighted by atomic mass is 9.78. The molecule has 25 heavy (non-hydrogen) atoms. The van der Waals surface area contributed by atoms with Crippen LogP contribution < -0.4 is 0 Å². The van der Waals surface area contributed by atoms with Gasteiger partial charge in [0.2, 0.25) is 0 Å². The van der Waals surface area contributed by atoms with Gasteiger partial charge >= 0.3 is 5.97 Å².